The van der Waals surface area contributed by atoms with Gasteiger partial charge in [-0.15, -0.1) is 11.8 Å². The summed E-state index contributed by atoms with van der Waals surface area (Å²) in [4.78, 5) is 0.0141. The molecule has 3 nitrogen and oxygen atoms in total. The zero-order chi connectivity index (χ0) is 12.5. The number of fused-ring (bicyclic) bond motifs is 1. The van der Waals surface area contributed by atoms with E-state index in [0.29, 0.717) is 5.25 Å². The van der Waals surface area contributed by atoms with Gasteiger partial charge in [-0.05, 0) is 29.7 Å². The lowest BCUT2D eigenvalue weighted by atomic mass is 10.0. The lowest BCUT2D eigenvalue weighted by molar-refractivity contribution is 0.483. The maximum absolute atomic E-state index is 11.1. The van der Waals surface area contributed by atoms with Gasteiger partial charge in [-0.2, -0.15) is 8.42 Å². The number of unbranched alkanes of at least 4 members (excludes halogenated alkanes) is 1. The lowest BCUT2D eigenvalue weighted by Crippen LogP contribution is -2.00. The molecule has 1 atom stereocenters. The van der Waals surface area contributed by atoms with E-state index in [-0.39, 0.29) is 4.90 Å². The van der Waals surface area contributed by atoms with E-state index in [1.165, 1.54) is 11.6 Å². The maximum atomic E-state index is 11.1. The molecule has 0 bridgehead atoms. The standard InChI is InChI=1S/C12H16O3S2/c1-2-3-4-12-11-7-10(17(13,14)15)6-5-9(11)8-16-12/h5-7,12H,2-4,8H2,1H3,(H,13,14,15). The van der Waals surface area contributed by atoms with Gasteiger partial charge in [0.15, 0.2) is 0 Å². The minimum Gasteiger partial charge on any atom is -0.282 e. The van der Waals surface area contributed by atoms with Crippen molar-refractivity contribution in [3.63, 3.8) is 0 Å². The highest BCUT2D eigenvalue weighted by molar-refractivity contribution is 7.99. The zero-order valence-corrected chi connectivity index (χ0v) is 11.4. The highest BCUT2D eigenvalue weighted by Crippen LogP contribution is 2.45. The largest absolute Gasteiger partial charge is 0.294 e. The first-order valence-electron chi connectivity index (χ1n) is 5.74. The van der Waals surface area contributed by atoms with E-state index in [1.54, 1.807) is 6.07 Å². The van der Waals surface area contributed by atoms with E-state index in [1.807, 2.05) is 17.8 Å². The Morgan fingerprint density at radius 1 is 1.47 bits per heavy atom. The van der Waals surface area contributed by atoms with Crippen LogP contribution in [0.4, 0.5) is 0 Å². The van der Waals surface area contributed by atoms with Crippen LogP contribution in [0.5, 0.6) is 0 Å². The highest BCUT2D eigenvalue weighted by atomic mass is 32.2. The summed E-state index contributed by atoms with van der Waals surface area (Å²) in [5, 5.41) is 0.381. The van der Waals surface area contributed by atoms with Gasteiger partial charge >= 0.3 is 0 Å². The van der Waals surface area contributed by atoms with E-state index in [2.05, 4.69) is 6.92 Å². The molecule has 2 rings (SSSR count). The molecular formula is C12H16O3S2. The molecule has 0 aliphatic carbocycles. The Morgan fingerprint density at radius 2 is 2.24 bits per heavy atom. The number of benzene rings is 1. The second-order valence-electron chi connectivity index (χ2n) is 4.28. The van der Waals surface area contributed by atoms with Crippen molar-refractivity contribution < 1.29 is 13.0 Å². The molecule has 5 heteroatoms. The Labute approximate surface area is 106 Å². The number of hydrogen-bond acceptors (Lipinski definition) is 3. The fourth-order valence-corrected chi connectivity index (χ4v) is 3.97. The number of rotatable bonds is 4. The van der Waals surface area contributed by atoms with Crippen molar-refractivity contribution in [2.75, 3.05) is 0 Å². The molecule has 0 fully saturated rings. The minimum absolute atomic E-state index is 0.0141. The summed E-state index contributed by atoms with van der Waals surface area (Å²) in [7, 11) is -4.08. The fourth-order valence-electron chi connectivity index (χ4n) is 2.07. The molecule has 1 heterocycles. The minimum atomic E-state index is -4.08. The summed E-state index contributed by atoms with van der Waals surface area (Å²) in [6.45, 7) is 2.15. The lowest BCUT2D eigenvalue weighted by Gasteiger charge is -2.10. The van der Waals surface area contributed by atoms with Gasteiger partial charge in [-0.1, -0.05) is 25.8 Å². The van der Waals surface area contributed by atoms with Crippen molar-refractivity contribution >= 4 is 21.9 Å². The SMILES string of the molecule is CCCCC1SCc2ccc(S(=O)(=O)O)cc21. The number of thioether (sulfide) groups is 1. The van der Waals surface area contributed by atoms with Crippen LogP contribution in [0.1, 0.15) is 42.6 Å². The van der Waals surface area contributed by atoms with Crippen LogP contribution in [0.25, 0.3) is 0 Å². The molecule has 0 radical (unpaired) electrons. The van der Waals surface area contributed by atoms with Crippen LogP contribution < -0.4 is 0 Å². The third-order valence-electron chi connectivity index (χ3n) is 3.02. The normalized spacial score (nSPS) is 19.3. The van der Waals surface area contributed by atoms with Crippen LogP contribution >= 0.6 is 11.8 Å². The van der Waals surface area contributed by atoms with Gasteiger partial charge in [0.05, 0.1) is 4.90 Å². The van der Waals surface area contributed by atoms with E-state index in [0.717, 1.165) is 30.6 Å². The van der Waals surface area contributed by atoms with Crippen LogP contribution in [0.15, 0.2) is 23.1 Å². The second kappa shape index (κ2) is 5.00. The van der Waals surface area contributed by atoms with Gasteiger partial charge in [0.2, 0.25) is 0 Å². The molecule has 17 heavy (non-hydrogen) atoms. The summed E-state index contributed by atoms with van der Waals surface area (Å²) in [5.74, 6) is 0.940. The first kappa shape index (κ1) is 12.9. The summed E-state index contributed by atoms with van der Waals surface area (Å²) in [6.07, 6.45) is 3.36. The maximum Gasteiger partial charge on any atom is 0.294 e. The molecule has 0 aromatic heterocycles. The Hall–Kier alpha value is -0.520. The molecule has 0 saturated heterocycles. The third-order valence-corrected chi connectivity index (χ3v) is 5.24. The van der Waals surface area contributed by atoms with Crippen LogP contribution in [0.2, 0.25) is 0 Å². The summed E-state index contributed by atoms with van der Waals surface area (Å²) < 4.78 is 31.3. The number of hydrogen-bond donors (Lipinski definition) is 1. The van der Waals surface area contributed by atoms with E-state index in [4.69, 9.17) is 4.55 Å². The average Bonchev–Trinajstić information content (AvgIpc) is 2.67. The van der Waals surface area contributed by atoms with E-state index < -0.39 is 10.1 Å². The van der Waals surface area contributed by atoms with Crippen molar-refractivity contribution in [1.82, 2.24) is 0 Å². The monoisotopic (exact) mass is 272 g/mol. The van der Waals surface area contributed by atoms with Crippen molar-refractivity contribution in [3.8, 4) is 0 Å². The van der Waals surface area contributed by atoms with Gasteiger partial charge in [-0.25, -0.2) is 0 Å². The zero-order valence-electron chi connectivity index (χ0n) is 9.72. The summed E-state index contributed by atoms with van der Waals surface area (Å²) in [5.41, 5.74) is 2.28. The predicted molar refractivity (Wildman–Crippen MR) is 69.8 cm³/mol. The Morgan fingerprint density at radius 3 is 2.88 bits per heavy atom. The summed E-state index contributed by atoms with van der Waals surface area (Å²) >= 11 is 1.85. The van der Waals surface area contributed by atoms with Gasteiger partial charge in [0, 0.05) is 11.0 Å². The van der Waals surface area contributed by atoms with Crippen LogP contribution in [0.3, 0.4) is 0 Å². The molecule has 0 amide bonds. The van der Waals surface area contributed by atoms with Crippen LogP contribution in [0, 0.1) is 0 Å². The third kappa shape index (κ3) is 2.84. The molecule has 0 spiro atoms. The van der Waals surface area contributed by atoms with Crippen molar-refractivity contribution in [3.05, 3.63) is 29.3 Å². The van der Waals surface area contributed by atoms with Gasteiger partial charge in [0.25, 0.3) is 10.1 Å². The van der Waals surface area contributed by atoms with Crippen molar-refractivity contribution in [2.24, 2.45) is 0 Å². The average molecular weight is 272 g/mol. The summed E-state index contributed by atoms with van der Waals surface area (Å²) in [6, 6.07) is 4.93. The van der Waals surface area contributed by atoms with Crippen LogP contribution in [-0.2, 0) is 15.9 Å². The Balaban J connectivity index is 2.31. The molecule has 1 N–H and O–H groups in total. The van der Waals surface area contributed by atoms with E-state index in [9.17, 15) is 8.42 Å². The van der Waals surface area contributed by atoms with Gasteiger partial charge in [0.1, 0.15) is 0 Å². The van der Waals surface area contributed by atoms with Crippen molar-refractivity contribution in [1.29, 1.82) is 0 Å². The van der Waals surface area contributed by atoms with E-state index >= 15 is 0 Å². The highest BCUT2D eigenvalue weighted by Gasteiger charge is 2.24. The molecule has 1 unspecified atom stereocenters. The molecular weight excluding hydrogens is 256 g/mol. The van der Waals surface area contributed by atoms with Gasteiger partial charge < -0.3 is 0 Å². The quantitative estimate of drug-likeness (QED) is 0.853. The Bertz CT molecular complexity index is 508. The van der Waals surface area contributed by atoms with Crippen LogP contribution in [-0.4, -0.2) is 13.0 Å². The molecule has 94 valence electrons. The topological polar surface area (TPSA) is 54.4 Å². The Kier molecular flexibility index (Phi) is 3.80. The predicted octanol–water partition coefficient (Wildman–Crippen LogP) is 3.41. The smallest absolute Gasteiger partial charge is 0.282 e. The molecule has 1 aliphatic rings. The molecule has 1 aliphatic heterocycles. The first-order chi connectivity index (χ1) is 8.02. The molecule has 1 aromatic rings. The fraction of sp³-hybridized carbons (Fsp3) is 0.500. The van der Waals surface area contributed by atoms with Gasteiger partial charge in [-0.3, -0.25) is 4.55 Å². The first-order valence-corrected chi connectivity index (χ1v) is 8.23. The van der Waals surface area contributed by atoms with Crippen molar-refractivity contribution in [2.45, 2.75) is 42.1 Å². The molecule has 1 aromatic carbocycles. The second-order valence-corrected chi connectivity index (χ2v) is 6.89. The molecule has 0 saturated carbocycles.